The lowest BCUT2D eigenvalue weighted by Gasteiger charge is -2.20. The summed E-state index contributed by atoms with van der Waals surface area (Å²) in [7, 11) is 0. The molecule has 0 atom stereocenters. The van der Waals surface area contributed by atoms with Gasteiger partial charge in [0.05, 0.1) is 6.54 Å². The average Bonchev–Trinajstić information content (AvgIpc) is 2.92. The van der Waals surface area contributed by atoms with Crippen LogP contribution in [0.3, 0.4) is 0 Å². The van der Waals surface area contributed by atoms with Crippen molar-refractivity contribution in [3.63, 3.8) is 0 Å². The monoisotopic (exact) mass is 322 g/mol. The summed E-state index contributed by atoms with van der Waals surface area (Å²) in [6.45, 7) is 8.53. The first-order valence-corrected chi connectivity index (χ1v) is 9.58. The number of hydrogen-bond acceptors (Lipinski definition) is 3. The van der Waals surface area contributed by atoms with Crippen LogP contribution in [0.5, 0.6) is 0 Å². The minimum Gasteiger partial charge on any atom is -0.357 e. The van der Waals surface area contributed by atoms with Gasteiger partial charge in [-0.3, -0.25) is 0 Å². The maximum Gasteiger partial charge on any atom is 0.191 e. The Morgan fingerprint density at radius 3 is 2.73 bits per heavy atom. The van der Waals surface area contributed by atoms with Crippen molar-refractivity contribution in [1.82, 2.24) is 15.5 Å². The molecule has 22 heavy (non-hydrogen) atoms. The largest absolute Gasteiger partial charge is 0.357 e. The van der Waals surface area contributed by atoms with Crippen LogP contribution in [0.15, 0.2) is 21.8 Å². The van der Waals surface area contributed by atoms with Crippen LogP contribution in [0.2, 0.25) is 0 Å². The van der Waals surface area contributed by atoms with E-state index in [1.165, 1.54) is 57.3 Å². The van der Waals surface area contributed by atoms with Gasteiger partial charge in [-0.1, -0.05) is 12.8 Å². The molecule has 1 aliphatic rings. The van der Waals surface area contributed by atoms with E-state index in [-0.39, 0.29) is 0 Å². The van der Waals surface area contributed by atoms with Gasteiger partial charge in [0.1, 0.15) is 0 Å². The van der Waals surface area contributed by atoms with Gasteiger partial charge in [0.25, 0.3) is 0 Å². The Balaban J connectivity index is 1.66. The second-order valence-electron chi connectivity index (χ2n) is 5.86. The van der Waals surface area contributed by atoms with Gasteiger partial charge in [0.2, 0.25) is 0 Å². The average molecular weight is 323 g/mol. The van der Waals surface area contributed by atoms with Crippen LogP contribution in [0.1, 0.15) is 44.6 Å². The van der Waals surface area contributed by atoms with E-state index in [0.29, 0.717) is 0 Å². The first-order valence-electron chi connectivity index (χ1n) is 8.64. The normalized spacial score (nSPS) is 17.2. The number of nitrogens with zero attached hydrogens (tertiary/aromatic N) is 2. The molecule has 2 N–H and O–H groups in total. The summed E-state index contributed by atoms with van der Waals surface area (Å²) in [4.78, 5) is 7.26. The van der Waals surface area contributed by atoms with Crippen LogP contribution < -0.4 is 10.6 Å². The smallest absolute Gasteiger partial charge is 0.191 e. The third-order valence-electron chi connectivity index (χ3n) is 3.99. The Labute approximate surface area is 139 Å². The minimum atomic E-state index is 0.755. The highest BCUT2D eigenvalue weighted by Crippen LogP contribution is 2.09. The molecule has 1 saturated heterocycles. The molecule has 2 rings (SSSR count). The molecular formula is C17H30N4S. The molecule has 1 aliphatic heterocycles. The fourth-order valence-corrected chi connectivity index (χ4v) is 3.42. The molecule has 1 aromatic heterocycles. The molecule has 0 amide bonds. The van der Waals surface area contributed by atoms with E-state index in [4.69, 9.17) is 0 Å². The Morgan fingerprint density at radius 2 is 2.05 bits per heavy atom. The van der Waals surface area contributed by atoms with Gasteiger partial charge in [-0.05, 0) is 68.2 Å². The maximum absolute atomic E-state index is 4.64. The summed E-state index contributed by atoms with van der Waals surface area (Å²) in [5.74, 6) is 0.935. The standard InChI is InChI=1S/C17H30N4S/c1-2-18-17(20-14-16-8-13-22-15-16)19-9-7-12-21-10-5-3-4-6-11-21/h8,13,15H,2-7,9-12,14H2,1H3,(H2,18,19,20). The SMILES string of the molecule is CCNC(=NCc1ccsc1)NCCCN1CCCCCC1. The summed E-state index contributed by atoms with van der Waals surface area (Å²) >= 11 is 1.73. The van der Waals surface area contributed by atoms with Gasteiger partial charge in [-0.25, -0.2) is 4.99 Å². The highest BCUT2D eigenvalue weighted by molar-refractivity contribution is 7.07. The van der Waals surface area contributed by atoms with Crippen molar-refractivity contribution >= 4 is 17.3 Å². The van der Waals surface area contributed by atoms with Crippen LogP contribution in [-0.4, -0.2) is 43.6 Å². The molecule has 4 nitrogen and oxygen atoms in total. The number of aliphatic imine (C=N–C) groups is 1. The van der Waals surface area contributed by atoms with Crippen molar-refractivity contribution in [2.45, 2.75) is 45.6 Å². The van der Waals surface area contributed by atoms with Gasteiger partial charge in [0.15, 0.2) is 5.96 Å². The van der Waals surface area contributed by atoms with E-state index in [0.717, 1.165) is 25.6 Å². The third-order valence-corrected chi connectivity index (χ3v) is 4.72. The number of thiophene rings is 1. The first-order chi connectivity index (χ1) is 10.9. The molecule has 1 fully saturated rings. The van der Waals surface area contributed by atoms with Crippen molar-refractivity contribution < 1.29 is 0 Å². The Kier molecular flexibility index (Phi) is 8.35. The summed E-state index contributed by atoms with van der Waals surface area (Å²) in [5, 5.41) is 11.0. The van der Waals surface area contributed by atoms with E-state index in [1.807, 2.05) is 0 Å². The predicted octanol–water partition coefficient (Wildman–Crippen LogP) is 3.07. The molecule has 2 heterocycles. The van der Waals surface area contributed by atoms with Crippen LogP contribution in [0.4, 0.5) is 0 Å². The number of rotatable bonds is 7. The number of likely N-dealkylation sites (tertiary alicyclic amines) is 1. The summed E-state index contributed by atoms with van der Waals surface area (Å²) in [6, 6.07) is 2.14. The minimum absolute atomic E-state index is 0.755. The zero-order valence-electron chi connectivity index (χ0n) is 13.8. The number of guanidine groups is 1. The zero-order valence-corrected chi connectivity index (χ0v) is 14.6. The molecule has 1 aromatic rings. The van der Waals surface area contributed by atoms with Crippen LogP contribution in [0.25, 0.3) is 0 Å². The fourth-order valence-electron chi connectivity index (χ4n) is 2.76. The first kappa shape index (κ1) is 17.3. The maximum atomic E-state index is 4.64. The summed E-state index contributed by atoms with van der Waals surface area (Å²) in [5.41, 5.74) is 1.28. The summed E-state index contributed by atoms with van der Waals surface area (Å²) in [6.07, 6.45) is 6.75. The van der Waals surface area contributed by atoms with E-state index in [2.05, 4.69) is 44.3 Å². The molecule has 0 unspecified atom stereocenters. The van der Waals surface area contributed by atoms with Crippen LogP contribution >= 0.6 is 11.3 Å². The number of hydrogen-bond donors (Lipinski definition) is 2. The topological polar surface area (TPSA) is 39.7 Å². The van der Waals surface area contributed by atoms with Crippen molar-refractivity contribution in [2.24, 2.45) is 4.99 Å². The zero-order chi connectivity index (χ0) is 15.5. The van der Waals surface area contributed by atoms with Gasteiger partial charge >= 0.3 is 0 Å². The molecule has 0 radical (unpaired) electrons. The lowest BCUT2D eigenvalue weighted by Crippen LogP contribution is -2.38. The van der Waals surface area contributed by atoms with Crippen molar-refractivity contribution in [2.75, 3.05) is 32.7 Å². The van der Waals surface area contributed by atoms with Gasteiger partial charge in [0, 0.05) is 13.1 Å². The summed E-state index contributed by atoms with van der Waals surface area (Å²) < 4.78 is 0. The van der Waals surface area contributed by atoms with Crippen molar-refractivity contribution in [3.8, 4) is 0 Å². The molecule has 0 aliphatic carbocycles. The third kappa shape index (κ3) is 6.79. The van der Waals surface area contributed by atoms with E-state index in [9.17, 15) is 0 Å². The van der Waals surface area contributed by atoms with Crippen LogP contribution in [-0.2, 0) is 6.54 Å². The Morgan fingerprint density at radius 1 is 1.23 bits per heavy atom. The van der Waals surface area contributed by atoms with Crippen LogP contribution in [0, 0.1) is 0 Å². The molecule has 0 bridgehead atoms. The van der Waals surface area contributed by atoms with E-state index in [1.54, 1.807) is 11.3 Å². The highest BCUT2D eigenvalue weighted by Gasteiger charge is 2.08. The quantitative estimate of drug-likeness (QED) is 0.460. The fraction of sp³-hybridized carbons (Fsp3) is 0.706. The molecule has 124 valence electrons. The predicted molar refractivity (Wildman–Crippen MR) is 96.7 cm³/mol. The number of nitrogens with one attached hydrogen (secondary N) is 2. The second-order valence-corrected chi connectivity index (χ2v) is 6.64. The van der Waals surface area contributed by atoms with Gasteiger partial charge in [-0.15, -0.1) is 0 Å². The molecule has 5 heteroatoms. The highest BCUT2D eigenvalue weighted by atomic mass is 32.1. The Bertz CT molecular complexity index is 408. The molecule has 0 saturated carbocycles. The molecular weight excluding hydrogens is 292 g/mol. The van der Waals surface area contributed by atoms with Gasteiger partial charge in [-0.2, -0.15) is 11.3 Å². The van der Waals surface area contributed by atoms with E-state index >= 15 is 0 Å². The lowest BCUT2D eigenvalue weighted by atomic mass is 10.2. The molecule has 0 spiro atoms. The molecule has 0 aromatic carbocycles. The Hall–Kier alpha value is -1.07. The van der Waals surface area contributed by atoms with Gasteiger partial charge < -0.3 is 15.5 Å². The van der Waals surface area contributed by atoms with Crippen molar-refractivity contribution in [1.29, 1.82) is 0 Å². The van der Waals surface area contributed by atoms with E-state index < -0.39 is 0 Å². The van der Waals surface area contributed by atoms with Crippen molar-refractivity contribution in [3.05, 3.63) is 22.4 Å². The lowest BCUT2D eigenvalue weighted by molar-refractivity contribution is 0.282. The second kappa shape index (κ2) is 10.6.